The van der Waals surface area contributed by atoms with E-state index in [1.54, 1.807) is 32.0 Å². The van der Waals surface area contributed by atoms with Crippen molar-refractivity contribution in [3.05, 3.63) is 57.2 Å². The Morgan fingerprint density at radius 2 is 1.79 bits per heavy atom. The molecule has 2 amide bonds. The number of esters is 1. The highest BCUT2D eigenvalue weighted by Crippen LogP contribution is 2.22. The summed E-state index contributed by atoms with van der Waals surface area (Å²) in [5, 5.41) is 5.71. The zero-order valence-electron chi connectivity index (χ0n) is 15.5. The lowest BCUT2D eigenvalue weighted by molar-refractivity contribution is -0.150. The number of nitrogens with zero attached hydrogens (tertiary/aromatic N) is 1. The third-order valence-electron chi connectivity index (χ3n) is 3.74. The third-order valence-corrected chi connectivity index (χ3v) is 4.56. The van der Waals surface area contributed by atoms with Gasteiger partial charge in [-0.15, -0.1) is 0 Å². The van der Waals surface area contributed by atoms with Gasteiger partial charge in [0.2, 0.25) is 0 Å². The highest BCUT2D eigenvalue weighted by Gasteiger charge is 2.27. The lowest BCUT2D eigenvalue weighted by Crippen LogP contribution is -2.46. The molecule has 0 fully saturated rings. The lowest BCUT2D eigenvalue weighted by atomic mass is 10.0. The Hall–Kier alpha value is -2.35. The molecule has 29 heavy (non-hydrogen) atoms. The Bertz CT molecular complexity index is 921. The molecule has 10 heteroatoms. The lowest BCUT2D eigenvalue weighted by Gasteiger charge is -2.21. The van der Waals surface area contributed by atoms with Gasteiger partial charge < -0.3 is 15.4 Å². The second-order valence-electron chi connectivity index (χ2n) is 6.31. The van der Waals surface area contributed by atoms with Crippen molar-refractivity contribution in [1.29, 1.82) is 0 Å². The number of carbonyl (C=O) groups is 3. The summed E-state index contributed by atoms with van der Waals surface area (Å²) in [4.78, 5) is 40.7. The summed E-state index contributed by atoms with van der Waals surface area (Å²) in [6.45, 7) is 2.89. The molecule has 0 aliphatic rings. The highest BCUT2D eigenvalue weighted by molar-refractivity contribution is 6.36. The maximum atomic E-state index is 12.4. The van der Waals surface area contributed by atoms with Crippen molar-refractivity contribution in [3.63, 3.8) is 0 Å². The monoisotopic (exact) mass is 457 g/mol. The van der Waals surface area contributed by atoms with E-state index in [0.717, 1.165) is 0 Å². The molecule has 0 saturated carbocycles. The van der Waals surface area contributed by atoms with Gasteiger partial charge >= 0.3 is 5.97 Å². The van der Waals surface area contributed by atoms with Crippen LogP contribution in [0.25, 0.3) is 0 Å². The van der Waals surface area contributed by atoms with Gasteiger partial charge in [-0.25, -0.2) is 9.78 Å². The number of carbonyl (C=O) groups excluding carboxylic acids is 3. The standard InChI is InChI=1S/C19H18Cl3N3O4/c1-10(2)16(25-18(27)12-5-3-4-6-13(12)21)19(28)29-9-15(26)24-17-14(22)7-11(20)8-23-17/h3-8,10,16H,9H2,1-2H3,(H,25,27)(H,23,24,26)/t16-/m0/s1. The Morgan fingerprint density at radius 3 is 2.41 bits per heavy atom. The number of anilines is 1. The van der Waals surface area contributed by atoms with Crippen LogP contribution in [0.15, 0.2) is 36.5 Å². The molecule has 1 aromatic heterocycles. The summed E-state index contributed by atoms with van der Waals surface area (Å²) in [5.74, 6) is -2.12. The van der Waals surface area contributed by atoms with Crippen molar-refractivity contribution >= 4 is 58.4 Å². The number of hydrogen-bond donors (Lipinski definition) is 2. The predicted molar refractivity (Wildman–Crippen MR) is 111 cm³/mol. The number of nitrogens with one attached hydrogen (secondary N) is 2. The molecule has 0 radical (unpaired) electrons. The molecule has 0 unspecified atom stereocenters. The van der Waals surface area contributed by atoms with Gasteiger partial charge in [0.1, 0.15) is 6.04 Å². The number of halogens is 3. The second-order valence-corrected chi connectivity index (χ2v) is 7.57. The number of hydrogen-bond acceptors (Lipinski definition) is 5. The van der Waals surface area contributed by atoms with Crippen molar-refractivity contribution in [1.82, 2.24) is 10.3 Å². The molecule has 154 valence electrons. The molecule has 0 saturated heterocycles. The van der Waals surface area contributed by atoms with E-state index in [1.807, 2.05) is 0 Å². The van der Waals surface area contributed by atoms with Gasteiger partial charge in [0.25, 0.3) is 11.8 Å². The third kappa shape index (κ3) is 6.59. The minimum Gasteiger partial charge on any atom is -0.454 e. The largest absolute Gasteiger partial charge is 0.454 e. The fourth-order valence-corrected chi connectivity index (χ4v) is 2.91. The Morgan fingerprint density at radius 1 is 1.10 bits per heavy atom. The quantitative estimate of drug-likeness (QED) is 0.612. The number of aromatic nitrogens is 1. The summed E-state index contributed by atoms with van der Waals surface area (Å²) in [6.07, 6.45) is 1.31. The van der Waals surface area contributed by atoms with Crippen LogP contribution >= 0.6 is 34.8 Å². The number of pyridine rings is 1. The van der Waals surface area contributed by atoms with E-state index in [9.17, 15) is 14.4 Å². The van der Waals surface area contributed by atoms with Crippen molar-refractivity contribution in [2.75, 3.05) is 11.9 Å². The minimum atomic E-state index is -0.969. The topological polar surface area (TPSA) is 97.4 Å². The minimum absolute atomic E-state index is 0.0875. The highest BCUT2D eigenvalue weighted by atomic mass is 35.5. The number of ether oxygens (including phenoxy) is 1. The molecule has 0 spiro atoms. The molecule has 0 bridgehead atoms. The smallest absolute Gasteiger partial charge is 0.329 e. The van der Waals surface area contributed by atoms with Crippen molar-refractivity contribution in [2.24, 2.45) is 5.92 Å². The summed E-state index contributed by atoms with van der Waals surface area (Å²) in [5.41, 5.74) is 0.230. The van der Waals surface area contributed by atoms with Gasteiger partial charge in [-0.05, 0) is 24.1 Å². The maximum Gasteiger partial charge on any atom is 0.329 e. The normalized spacial score (nSPS) is 11.7. The van der Waals surface area contributed by atoms with Crippen LogP contribution in [0.3, 0.4) is 0 Å². The average Bonchev–Trinajstić information content (AvgIpc) is 2.66. The van der Waals surface area contributed by atoms with Gasteiger partial charge in [0.15, 0.2) is 12.4 Å². The van der Waals surface area contributed by atoms with E-state index in [0.29, 0.717) is 5.02 Å². The van der Waals surface area contributed by atoms with Crippen molar-refractivity contribution in [2.45, 2.75) is 19.9 Å². The molecule has 1 aromatic carbocycles. The van der Waals surface area contributed by atoms with Gasteiger partial charge in [-0.1, -0.05) is 60.8 Å². The zero-order chi connectivity index (χ0) is 21.6. The SMILES string of the molecule is CC(C)[C@H](NC(=O)c1ccccc1Cl)C(=O)OCC(=O)Nc1ncc(Cl)cc1Cl. The zero-order valence-corrected chi connectivity index (χ0v) is 17.8. The van der Waals surface area contributed by atoms with E-state index < -0.39 is 30.4 Å². The van der Waals surface area contributed by atoms with E-state index >= 15 is 0 Å². The first-order valence-electron chi connectivity index (χ1n) is 8.52. The van der Waals surface area contributed by atoms with Crippen LogP contribution in [0.5, 0.6) is 0 Å². The molecular formula is C19H18Cl3N3O4. The molecule has 2 N–H and O–H groups in total. The van der Waals surface area contributed by atoms with Gasteiger partial charge in [-0.3, -0.25) is 9.59 Å². The molecule has 0 aliphatic heterocycles. The second kappa shape index (κ2) is 10.4. The van der Waals surface area contributed by atoms with E-state index in [1.165, 1.54) is 18.3 Å². The Balaban J connectivity index is 1.96. The Labute approximate surface area is 182 Å². The van der Waals surface area contributed by atoms with Crippen LogP contribution < -0.4 is 10.6 Å². The maximum absolute atomic E-state index is 12.4. The average molecular weight is 459 g/mol. The molecule has 2 aromatic rings. The van der Waals surface area contributed by atoms with Gasteiger partial charge in [0, 0.05) is 6.20 Å². The van der Waals surface area contributed by atoms with Crippen LogP contribution in [-0.4, -0.2) is 35.4 Å². The van der Waals surface area contributed by atoms with Crippen LogP contribution in [0.4, 0.5) is 5.82 Å². The summed E-state index contributed by atoms with van der Waals surface area (Å²) in [7, 11) is 0. The number of rotatable bonds is 7. The fourth-order valence-electron chi connectivity index (χ4n) is 2.26. The first-order chi connectivity index (χ1) is 13.7. The van der Waals surface area contributed by atoms with E-state index in [2.05, 4.69) is 15.6 Å². The van der Waals surface area contributed by atoms with Crippen molar-refractivity contribution in [3.8, 4) is 0 Å². The van der Waals surface area contributed by atoms with Gasteiger partial charge in [0.05, 0.1) is 20.6 Å². The summed E-state index contributed by atoms with van der Waals surface area (Å²) >= 11 is 17.7. The van der Waals surface area contributed by atoms with Crippen LogP contribution in [-0.2, 0) is 14.3 Å². The van der Waals surface area contributed by atoms with Gasteiger partial charge in [-0.2, -0.15) is 0 Å². The molecule has 1 heterocycles. The number of benzene rings is 1. The van der Waals surface area contributed by atoms with Crippen LogP contribution in [0.2, 0.25) is 15.1 Å². The molecule has 2 rings (SSSR count). The first-order valence-corrected chi connectivity index (χ1v) is 9.65. The van der Waals surface area contributed by atoms with Crippen LogP contribution in [0.1, 0.15) is 24.2 Å². The van der Waals surface area contributed by atoms with E-state index in [-0.39, 0.29) is 27.3 Å². The number of amides is 2. The molecule has 1 atom stereocenters. The molecule has 7 nitrogen and oxygen atoms in total. The predicted octanol–water partition coefficient (Wildman–Crippen LogP) is 3.98. The van der Waals surface area contributed by atoms with Crippen molar-refractivity contribution < 1.29 is 19.1 Å². The van der Waals surface area contributed by atoms with E-state index in [4.69, 9.17) is 39.5 Å². The van der Waals surface area contributed by atoms with Crippen LogP contribution in [0, 0.1) is 5.92 Å². The summed E-state index contributed by atoms with van der Waals surface area (Å²) in [6, 6.07) is 6.90. The fraction of sp³-hybridized carbons (Fsp3) is 0.263. The molecule has 0 aliphatic carbocycles. The Kier molecular flexibility index (Phi) is 8.25. The first kappa shape index (κ1) is 22.9. The summed E-state index contributed by atoms with van der Waals surface area (Å²) < 4.78 is 5.03. The molecular weight excluding hydrogens is 441 g/mol.